The normalized spacial score (nSPS) is 11.3. The molecule has 2 N–H and O–H groups in total. The van der Waals surface area contributed by atoms with E-state index in [1.165, 1.54) is 10.5 Å². The molecule has 112 valence electrons. The molecule has 0 amide bonds. The van der Waals surface area contributed by atoms with Crippen LogP contribution in [0.25, 0.3) is 0 Å². The summed E-state index contributed by atoms with van der Waals surface area (Å²) in [5, 5.41) is 0. The molecule has 0 aliphatic carbocycles. The van der Waals surface area contributed by atoms with Gasteiger partial charge in [-0.2, -0.15) is 0 Å². The Bertz CT molecular complexity index is 670. The average Bonchev–Trinajstić information content (AvgIpc) is 2.50. The molecule has 1 aromatic heterocycles. The maximum absolute atomic E-state index is 12.8. The molecule has 1 heterocycles. The van der Waals surface area contributed by atoms with Crippen LogP contribution < -0.4 is 10.0 Å². The summed E-state index contributed by atoms with van der Waals surface area (Å²) in [6, 6.07) is 10.6. The predicted octanol–water partition coefficient (Wildman–Crippen LogP) is 1.93. The Hall–Kier alpha value is -1.92. The lowest BCUT2D eigenvalue weighted by Gasteiger charge is -2.24. The van der Waals surface area contributed by atoms with E-state index in [-0.39, 0.29) is 4.90 Å². The standard InChI is InChI=1S/C15H19N3O2S/c1-13-5-7-14(8-6-13)18(11-3-9-16)21(19,20)15-4-2-10-17-12-15/h2,4-8,10,12H,3,9,11,16H2,1H3. The van der Waals surface area contributed by atoms with Gasteiger partial charge in [0, 0.05) is 18.9 Å². The van der Waals surface area contributed by atoms with Gasteiger partial charge in [0.2, 0.25) is 0 Å². The summed E-state index contributed by atoms with van der Waals surface area (Å²) in [5.74, 6) is 0. The smallest absolute Gasteiger partial charge is 0.265 e. The zero-order chi connectivity index (χ0) is 15.3. The summed E-state index contributed by atoms with van der Waals surface area (Å²) in [6.45, 7) is 2.74. The van der Waals surface area contributed by atoms with Gasteiger partial charge in [0.05, 0.1) is 5.69 Å². The molecule has 21 heavy (non-hydrogen) atoms. The minimum absolute atomic E-state index is 0.183. The van der Waals surface area contributed by atoms with Crippen molar-refractivity contribution in [2.75, 3.05) is 17.4 Å². The first-order chi connectivity index (χ1) is 10.1. The van der Waals surface area contributed by atoms with Crippen molar-refractivity contribution < 1.29 is 8.42 Å². The number of sulfonamides is 1. The molecule has 0 spiro atoms. The van der Waals surface area contributed by atoms with Crippen LogP contribution in [-0.2, 0) is 10.0 Å². The van der Waals surface area contributed by atoms with Crippen molar-refractivity contribution in [3.8, 4) is 0 Å². The van der Waals surface area contributed by atoms with Crippen molar-refractivity contribution in [3.63, 3.8) is 0 Å². The fourth-order valence-electron chi connectivity index (χ4n) is 1.96. The molecular weight excluding hydrogens is 286 g/mol. The number of aryl methyl sites for hydroxylation is 1. The highest BCUT2D eigenvalue weighted by atomic mass is 32.2. The van der Waals surface area contributed by atoms with Crippen LogP contribution in [0.3, 0.4) is 0 Å². The first-order valence-electron chi connectivity index (χ1n) is 6.75. The first kappa shape index (κ1) is 15.5. The predicted molar refractivity (Wildman–Crippen MR) is 83.6 cm³/mol. The molecular formula is C15H19N3O2S. The summed E-state index contributed by atoms with van der Waals surface area (Å²) in [5.41, 5.74) is 7.24. The van der Waals surface area contributed by atoms with Crippen molar-refractivity contribution in [2.45, 2.75) is 18.2 Å². The summed E-state index contributed by atoms with van der Waals surface area (Å²) >= 11 is 0. The van der Waals surface area contributed by atoms with Gasteiger partial charge < -0.3 is 5.73 Å². The number of hydrogen-bond donors (Lipinski definition) is 1. The molecule has 0 saturated heterocycles. The highest BCUT2D eigenvalue weighted by molar-refractivity contribution is 7.92. The number of aromatic nitrogens is 1. The summed E-state index contributed by atoms with van der Waals surface area (Å²) in [7, 11) is -3.62. The van der Waals surface area contributed by atoms with Crippen LogP contribution in [0.5, 0.6) is 0 Å². The molecule has 5 nitrogen and oxygen atoms in total. The summed E-state index contributed by atoms with van der Waals surface area (Å²) in [6.07, 6.45) is 3.50. The van der Waals surface area contributed by atoms with E-state index in [2.05, 4.69) is 4.98 Å². The van der Waals surface area contributed by atoms with Crippen LogP contribution in [0.2, 0.25) is 0 Å². The lowest BCUT2D eigenvalue weighted by atomic mass is 10.2. The Morgan fingerprint density at radius 2 is 1.90 bits per heavy atom. The molecule has 0 fully saturated rings. The van der Waals surface area contributed by atoms with Crippen LogP contribution in [0.1, 0.15) is 12.0 Å². The minimum atomic E-state index is -3.62. The second kappa shape index (κ2) is 6.69. The number of nitrogens with two attached hydrogens (primary N) is 1. The molecule has 0 unspecified atom stereocenters. The Labute approximate surface area is 125 Å². The van der Waals surface area contributed by atoms with Crippen LogP contribution >= 0.6 is 0 Å². The van der Waals surface area contributed by atoms with Crippen LogP contribution in [0, 0.1) is 6.92 Å². The van der Waals surface area contributed by atoms with Crippen molar-refractivity contribution in [3.05, 3.63) is 54.4 Å². The van der Waals surface area contributed by atoms with Gasteiger partial charge in [0.1, 0.15) is 4.90 Å². The number of nitrogens with zero attached hydrogens (tertiary/aromatic N) is 2. The molecule has 1 aromatic carbocycles. The molecule has 0 radical (unpaired) electrons. The zero-order valence-electron chi connectivity index (χ0n) is 11.9. The fourth-order valence-corrected chi connectivity index (χ4v) is 3.43. The molecule has 0 atom stereocenters. The van der Waals surface area contributed by atoms with E-state index >= 15 is 0 Å². The van der Waals surface area contributed by atoms with Crippen molar-refractivity contribution in [1.29, 1.82) is 0 Å². The highest BCUT2D eigenvalue weighted by Gasteiger charge is 2.24. The Balaban J connectivity index is 2.42. The molecule has 2 rings (SSSR count). The molecule has 6 heteroatoms. The number of anilines is 1. The summed E-state index contributed by atoms with van der Waals surface area (Å²) < 4.78 is 26.9. The Morgan fingerprint density at radius 1 is 1.19 bits per heavy atom. The van der Waals surface area contributed by atoms with Crippen molar-refractivity contribution >= 4 is 15.7 Å². The van der Waals surface area contributed by atoms with E-state index in [9.17, 15) is 8.42 Å². The van der Waals surface area contributed by atoms with Gasteiger partial charge in [-0.3, -0.25) is 9.29 Å². The van der Waals surface area contributed by atoms with Gasteiger partial charge in [0.15, 0.2) is 0 Å². The maximum Gasteiger partial charge on any atom is 0.265 e. The van der Waals surface area contributed by atoms with E-state index in [4.69, 9.17) is 5.73 Å². The van der Waals surface area contributed by atoms with Gasteiger partial charge >= 0.3 is 0 Å². The van der Waals surface area contributed by atoms with E-state index in [1.807, 2.05) is 19.1 Å². The molecule has 2 aromatic rings. The zero-order valence-corrected chi connectivity index (χ0v) is 12.8. The average molecular weight is 305 g/mol. The van der Waals surface area contributed by atoms with Gasteiger partial charge in [-0.15, -0.1) is 0 Å². The van der Waals surface area contributed by atoms with Crippen LogP contribution in [0.4, 0.5) is 5.69 Å². The molecule has 0 bridgehead atoms. The largest absolute Gasteiger partial charge is 0.330 e. The highest BCUT2D eigenvalue weighted by Crippen LogP contribution is 2.23. The Morgan fingerprint density at radius 3 is 2.48 bits per heavy atom. The van der Waals surface area contributed by atoms with Gasteiger partial charge in [-0.25, -0.2) is 8.42 Å². The fraction of sp³-hybridized carbons (Fsp3) is 0.267. The quantitative estimate of drug-likeness (QED) is 0.885. The minimum Gasteiger partial charge on any atom is -0.330 e. The van der Waals surface area contributed by atoms with E-state index in [1.54, 1.807) is 30.5 Å². The van der Waals surface area contributed by atoms with Crippen molar-refractivity contribution in [1.82, 2.24) is 4.98 Å². The van der Waals surface area contributed by atoms with Crippen molar-refractivity contribution in [2.24, 2.45) is 5.73 Å². The number of benzene rings is 1. The topological polar surface area (TPSA) is 76.3 Å². The van der Waals surface area contributed by atoms with E-state index in [0.29, 0.717) is 25.2 Å². The van der Waals surface area contributed by atoms with Gasteiger partial charge in [-0.05, 0) is 44.2 Å². The third-order valence-electron chi connectivity index (χ3n) is 3.11. The lowest BCUT2D eigenvalue weighted by Crippen LogP contribution is -2.33. The van der Waals surface area contributed by atoms with Crippen LogP contribution in [-0.4, -0.2) is 26.5 Å². The molecule has 0 aliphatic heterocycles. The SMILES string of the molecule is Cc1ccc(N(CCCN)S(=O)(=O)c2cccnc2)cc1. The maximum atomic E-state index is 12.8. The van der Waals surface area contributed by atoms with Crippen LogP contribution in [0.15, 0.2) is 53.7 Å². The Kier molecular flexibility index (Phi) is 4.93. The summed E-state index contributed by atoms with van der Waals surface area (Å²) in [4.78, 5) is 4.07. The number of pyridine rings is 1. The first-order valence-corrected chi connectivity index (χ1v) is 8.19. The molecule has 0 saturated carbocycles. The lowest BCUT2D eigenvalue weighted by molar-refractivity contribution is 0.589. The van der Waals surface area contributed by atoms with Gasteiger partial charge in [0.25, 0.3) is 10.0 Å². The molecule has 0 aliphatic rings. The number of rotatable bonds is 6. The third kappa shape index (κ3) is 3.59. The van der Waals surface area contributed by atoms with Gasteiger partial charge in [-0.1, -0.05) is 17.7 Å². The third-order valence-corrected chi connectivity index (χ3v) is 4.92. The number of hydrogen-bond acceptors (Lipinski definition) is 4. The monoisotopic (exact) mass is 305 g/mol. The van der Waals surface area contributed by atoms with E-state index < -0.39 is 10.0 Å². The second-order valence-corrected chi connectivity index (χ2v) is 6.61. The second-order valence-electron chi connectivity index (χ2n) is 4.74. The van der Waals surface area contributed by atoms with E-state index in [0.717, 1.165) is 5.56 Å².